The van der Waals surface area contributed by atoms with E-state index in [1.165, 1.54) is 5.56 Å². The Morgan fingerprint density at radius 3 is 2.27 bits per heavy atom. The molecule has 0 radical (unpaired) electrons. The van der Waals surface area contributed by atoms with Crippen LogP contribution in [0.1, 0.15) is 30.9 Å². The molecule has 0 bridgehead atoms. The van der Waals surface area contributed by atoms with Crippen molar-refractivity contribution in [3.63, 3.8) is 0 Å². The molecular formula is C20H29N3O3. The molecule has 2 saturated heterocycles. The smallest absolute Gasteiger partial charge is 0.223 e. The fourth-order valence-corrected chi connectivity index (χ4v) is 3.57. The van der Waals surface area contributed by atoms with Gasteiger partial charge in [0, 0.05) is 52.1 Å². The fraction of sp³-hybridized carbons (Fsp3) is 0.600. The Kier molecular flexibility index (Phi) is 6.63. The molecule has 0 aliphatic carbocycles. The summed E-state index contributed by atoms with van der Waals surface area (Å²) in [5.41, 5.74) is 2.41. The molecule has 1 N–H and O–H groups in total. The highest BCUT2D eigenvalue weighted by atomic mass is 16.5. The Bertz CT molecular complexity index is 603. The number of hydrogen-bond acceptors (Lipinski definition) is 4. The zero-order valence-corrected chi connectivity index (χ0v) is 15.6. The van der Waals surface area contributed by atoms with Crippen LogP contribution in [0.2, 0.25) is 0 Å². The van der Waals surface area contributed by atoms with Crippen molar-refractivity contribution >= 4 is 11.8 Å². The third kappa shape index (κ3) is 5.29. The SMILES string of the molecule is CC(=O)N1CCC(C(=O)NCc2ccc(CN3CCOCC3)cc2)CC1. The summed E-state index contributed by atoms with van der Waals surface area (Å²) >= 11 is 0. The summed E-state index contributed by atoms with van der Waals surface area (Å²) in [6.45, 7) is 8.07. The molecule has 2 heterocycles. The molecule has 1 aromatic carbocycles. The average Bonchev–Trinajstić information content (AvgIpc) is 2.68. The van der Waals surface area contributed by atoms with Gasteiger partial charge >= 0.3 is 0 Å². The highest BCUT2D eigenvalue weighted by Crippen LogP contribution is 2.17. The van der Waals surface area contributed by atoms with Gasteiger partial charge in [0.15, 0.2) is 0 Å². The maximum atomic E-state index is 12.3. The monoisotopic (exact) mass is 359 g/mol. The summed E-state index contributed by atoms with van der Waals surface area (Å²) in [6.07, 6.45) is 1.51. The van der Waals surface area contributed by atoms with E-state index < -0.39 is 0 Å². The van der Waals surface area contributed by atoms with Crippen molar-refractivity contribution < 1.29 is 14.3 Å². The molecule has 2 fully saturated rings. The van der Waals surface area contributed by atoms with Gasteiger partial charge < -0.3 is 15.0 Å². The lowest BCUT2D eigenvalue weighted by Crippen LogP contribution is -2.42. The number of nitrogens with zero attached hydrogens (tertiary/aromatic N) is 2. The van der Waals surface area contributed by atoms with Gasteiger partial charge in [0.25, 0.3) is 0 Å². The molecule has 0 spiro atoms. The lowest BCUT2D eigenvalue weighted by molar-refractivity contribution is -0.134. The minimum Gasteiger partial charge on any atom is -0.379 e. The van der Waals surface area contributed by atoms with Gasteiger partial charge in [-0.05, 0) is 24.0 Å². The van der Waals surface area contributed by atoms with Crippen molar-refractivity contribution in [2.24, 2.45) is 5.92 Å². The van der Waals surface area contributed by atoms with Crippen molar-refractivity contribution in [3.8, 4) is 0 Å². The predicted molar refractivity (Wildman–Crippen MR) is 99.4 cm³/mol. The van der Waals surface area contributed by atoms with Gasteiger partial charge in [0.05, 0.1) is 13.2 Å². The number of morpholine rings is 1. The second-order valence-electron chi connectivity index (χ2n) is 7.20. The molecule has 6 heteroatoms. The minimum atomic E-state index is 0.0196. The topological polar surface area (TPSA) is 61.9 Å². The maximum Gasteiger partial charge on any atom is 0.223 e. The first kappa shape index (κ1) is 18.9. The number of amides is 2. The second kappa shape index (κ2) is 9.14. The van der Waals surface area contributed by atoms with Gasteiger partial charge in [-0.25, -0.2) is 0 Å². The molecular weight excluding hydrogens is 330 g/mol. The molecule has 6 nitrogen and oxygen atoms in total. The van der Waals surface area contributed by atoms with Crippen LogP contribution in [-0.4, -0.2) is 61.0 Å². The summed E-state index contributed by atoms with van der Waals surface area (Å²) in [4.78, 5) is 27.9. The molecule has 2 aliphatic heterocycles. The Morgan fingerprint density at radius 2 is 1.65 bits per heavy atom. The first-order chi connectivity index (χ1) is 12.6. The van der Waals surface area contributed by atoms with Crippen LogP contribution < -0.4 is 5.32 Å². The third-order valence-electron chi connectivity index (χ3n) is 5.31. The summed E-state index contributed by atoms with van der Waals surface area (Å²) < 4.78 is 5.38. The molecule has 0 aromatic heterocycles. The van der Waals surface area contributed by atoms with Gasteiger partial charge in [-0.15, -0.1) is 0 Å². The standard InChI is InChI=1S/C20H29N3O3/c1-16(24)23-8-6-19(7-9-23)20(25)21-14-17-2-4-18(5-3-17)15-22-10-12-26-13-11-22/h2-5,19H,6-15H2,1H3,(H,21,25). The lowest BCUT2D eigenvalue weighted by Gasteiger charge is -2.30. The first-order valence-electron chi connectivity index (χ1n) is 9.53. The number of piperidine rings is 1. The molecule has 1 aromatic rings. The van der Waals surface area contributed by atoms with Crippen LogP contribution in [0.15, 0.2) is 24.3 Å². The number of rotatable bonds is 5. The molecule has 0 saturated carbocycles. The third-order valence-corrected chi connectivity index (χ3v) is 5.31. The Labute approximate surface area is 155 Å². The summed E-state index contributed by atoms with van der Waals surface area (Å²) in [7, 11) is 0. The second-order valence-corrected chi connectivity index (χ2v) is 7.20. The van der Waals surface area contributed by atoms with E-state index in [9.17, 15) is 9.59 Å². The zero-order chi connectivity index (χ0) is 18.4. The van der Waals surface area contributed by atoms with Gasteiger partial charge in [-0.3, -0.25) is 14.5 Å². The van der Waals surface area contributed by atoms with Crippen molar-refractivity contribution in [2.45, 2.75) is 32.9 Å². The van der Waals surface area contributed by atoms with Crippen molar-refractivity contribution in [2.75, 3.05) is 39.4 Å². The Balaban J connectivity index is 1.41. The summed E-state index contributed by atoms with van der Waals surface area (Å²) in [5, 5.41) is 3.04. The van der Waals surface area contributed by atoms with Gasteiger partial charge in [-0.2, -0.15) is 0 Å². The van der Waals surface area contributed by atoms with E-state index in [0.29, 0.717) is 19.6 Å². The van der Waals surface area contributed by atoms with E-state index in [-0.39, 0.29) is 17.7 Å². The number of hydrogen-bond donors (Lipinski definition) is 1. The van der Waals surface area contributed by atoms with Crippen LogP contribution in [0.3, 0.4) is 0 Å². The van der Waals surface area contributed by atoms with E-state index in [1.54, 1.807) is 6.92 Å². The minimum absolute atomic E-state index is 0.0196. The number of likely N-dealkylation sites (tertiary alicyclic amines) is 1. The molecule has 142 valence electrons. The Morgan fingerprint density at radius 1 is 1.04 bits per heavy atom. The number of carbonyl (C=O) groups excluding carboxylic acids is 2. The van der Waals surface area contributed by atoms with E-state index in [4.69, 9.17) is 4.74 Å². The molecule has 2 aliphatic rings. The molecule has 3 rings (SSSR count). The average molecular weight is 359 g/mol. The van der Waals surface area contributed by atoms with Crippen molar-refractivity contribution in [1.29, 1.82) is 0 Å². The first-order valence-corrected chi connectivity index (χ1v) is 9.53. The maximum absolute atomic E-state index is 12.3. The number of carbonyl (C=O) groups is 2. The van der Waals surface area contributed by atoms with Crippen LogP contribution >= 0.6 is 0 Å². The van der Waals surface area contributed by atoms with E-state index in [2.05, 4.69) is 34.5 Å². The van der Waals surface area contributed by atoms with E-state index in [0.717, 1.165) is 51.3 Å². The number of ether oxygens (including phenoxy) is 1. The zero-order valence-electron chi connectivity index (χ0n) is 15.6. The van der Waals surface area contributed by atoms with Crippen molar-refractivity contribution in [1.82, 2.24) is 15.1 Å². The quantitative estimate of drug-likeness (QED) is 0.863. The van der Waals surface area contributed by atoms with Crippen LogP contribution in [0.25, 0.3) is 0 Å². The van der Waals surface area contributed by atoms with E-state index in [1.807, 2.05) is 4.90 Å². The molecule has 0 atom stereocenters. The highest BCUT2D eigenvalue weighted by molar-refractivity contribution is 5.79. The summed E-state index contributed by atoms with van der Waals surface area (Å²) in [6, 6.07) is 8.47. The van der Waals surface area contributed by atoms with Crippen LogP contribution in [0.4, 0.5) is 0 Å². The van der Waals surface area contributed by atoms with Gasteiger partial charge in [0.1, 0.15) is 0 Å². The summed E-state index contributed by atoms with van der Waals surface area (Å²) in [5.74, 6) is 0.220. The largest absolute Gasteiger partial charge is 0.379 e. The Hall–Kier alpha value is -1.92. The number of nitrogens with one attached hydrogen (secondary N) is 1. The van der Waals surface area contributed by atoms with Gasteiger partial charge in [0.2, 0.25) is 11.8 Å². The molecule has 0 unspecified atom stereocenters. The van der Waals surface area contributed by atoms with Crippen LogP contribution in [0.5, 0.6) is 0 Å². The highest BCUT2D eigenvalue weighted by Gasteiger charge is 2.25. The van der Waals surface area contributed by atoms with Gasteiger partial charge in [-0.1, -0.05) is 24.3 Å². The normalized spacial score (nSPS) is 19.3. The van der Waals surface area contributed by atoms with Crippen LogP contribution in [0, 0.1) is 5.92 Å². The molecule has 26 heavy (non-hydrogen) atoms. The molecule has 2 amide bonds. The number of benzene rings is 1. The van der Waals surface area contributed by atoms with E-state index >= 15 is 0 Å². The fourth-order valence-electron chi connectivity index (χ4n) is 3.57. The lowest BCUT2D eigenvalue weighted by atomic mass is 9.96. The van der Waals surface area contributed by atoms with Crippen molar-refractivity contribution in [3.05, 3.63) is 35.4 Å². The van der Waals surface area contributed by atoms with Crippen LogP contribution in [-0.2, 0) is 27.4 Å². The predicted octanol–water partition coefficient (Wildman–Crippen LogP) is 1.39.